The third-order valence-electron chi connectivity index (χ3n) is 4.69. The van der Waals surface area contributed by atoms with E-state index in [0.29, 0.717) is 12.0 Å². The van der Waals surface area contributed by atoms with Gasteiger partial charge in [0.05, 0.1) is 11.2 Å². The lowest BCUT2D eigenvalue weighted by Gasteiger charge is -2.14. The number of amides is 2. The Morgan fingerprint density at radius 1 is 1.00 bits per heavy atom. The number of hydrogen-bond acceptors (Lipinski definition) is 3. The Hall–Kier alpha value is -4.06. The highest BCUT2D eigenvalue weighted by molar-refractivity contribution is 5.95. The SMILES string of the molecule is CC(Cc1ccc(O)cc1)NC(=O)c1ccccc1.O=CNc1cccc2cc[nH]c12. The summed E-state index contributed by atoms with van der Waals surface area (Å²) in [5, 5.41) is 15.9. The highest BCUT2D eigenvalue weighted by Crippen LogP contribution is 2.20. The second-order valence-electron chi connectivity index (χ2n) is 7.12. The largest absolute Gasteiger partial charge is 0.508 e. The number of fused-ring (bicyclic) bond motifs is 1. The van der Waals surface area contributed by atoms with E-state index in [2.05, 4.69) is 15.6 Å². The van der Waals surface area contributed by atoms with E-state index < -0.39 is 0 Å². The number of aromatic hydroxyl groups is 1. The second-order valence-corrected chi connectivity index (χ2v) is 7.12. The van der Waals surface area contributed by atoms with E-state index in [1.807, 2.05) is 67.7 Å². The number of rotatable bonds is 6. The zero-order valence-electron chi connectivity index (χ0n) is 17.2. The molecule has 1 heterocycles. The number of carbonyl (C=O) groups is 2. The molecule has 31 heavy (non-hydrogen) atoms. The number of hydrogen-bond donors (Lipinski definition) is 4. The zero-order chi connectivity index (χ0) is 22.1. The number of carbonyl (C=O) groups excluding carboxylic acids is 2. The van der Waals surface area contributed by atoms with Gasteiger partial charge in [-0.3, -0.25) is 9.59 Å². The average Bonchev–Trinajstić information content (AvgIpc) is 3.27. The van der Waals surface area contributed by atoms with Crippen molar-refractivity contribution < 1.29 is 14.7 Å². The summed E-state index contributed by atoms with van der Waals surface area (Å²) >= 11 is 0. The standard InChI is InChI=1S/C16H17NO2.C9H8N2O/c1-12(11-13-7-9-15(18)10-8-13)17-16(19)14-5-3-2-4-6-14;12-6-11-8-3-1-2-7-4-5-10-9(7)8/h2-10,12,18H,11H2,1H3,(H,17,19);1-6,10H,(H,11,12). The summed E-state index contributed by atoms with van der Waals surface area (Å²) in [6.45, 7) is 1.97. The van der Waals surface area contributed by atoms with Gasteiger partial charge in [0, 0.05) is 23.2 Å². The molecule has 4 aromatic rings. The topological polar surface area (TPSA) is 94.2 Å². The fourth-order valence-corrected chi connectivity index (χ4v) is 3.20. The molecule has 158 valence electrons. The maximum Gasteiger partial charge on any atom is 0.251 e. The van der Waals surface area contributed by atoms with Crippen molar-refractivity contribution in [1.29, 1.82) is 0 Å². The molecule has 0 aliphatic heterocycles. The first-order chi connectivity index (χ1) is 15.1. The predicted molar refractivity (Wildman–Crippen MR) is 123 cm³/mol. The van der Waals surface area contributed by atoms with Gasteiger partial charge < -0.3 is 20.7 Å². The maximum atomic E-state index is 11.9. The van der Waals surface area contributed by atoms with Gasteiger partial charge in [-0.2, -0.15) is 0 Å². The first kappa shape index (κ1) is 21.6. The Balaban J connectivity index is 0.000000194. The fraction of sp³-hybridized carbons (Fsp3) is 0.120. The van der Waals surface area contributed by atoms with Crippen molar-refractivity contribution in [2.24, 2.45) is 0 Å². The number of H-pyrrole nitrogens is 1. The van der Waals surface area contributed by atoms with Crippen molar-refractivity contribution in [3.63, 3.8) is 0 Å². The highest BCUT2D eigenvalue weighted by Gasteiger charge is 2.09. The van der Waals surface area contributed by atoms with Gasteiger partial charge in [0.1, 0.15) is 5.75 Å². The first-order valence-electron chi connectivity index (χ1n) is 9.97. The van der Waals surface area contributed by atoms with E-state index in [-0.39, 0.29) is 17.7 Å². The first-order valence-corrected chi connectivity index (χ1v) is 9.97. The van der Waals surface area contributed by atoms with Crippen LogP contribution in [0.1, 0.15) is 22.8 Å². The Morgan fingerprint density at radius 3 is 2.45 bits per heavy atom. The van der Waals surface area contributed by atoms with Crippen molar-refractivity contribution in [3.8, 4) is 5.75 Å². The lowest BCUT2D eigenvalue weighted by Crippen LogP contribution is -2.34. The molecule has 1 unspecified atom stereocenters. The van der Waals surface area contributed by atoms with Crippen LogP contribution in [0.15, 0.2) is 85.1 Å². The predicted octanol–water partition coefficient (Wildman–Crippen LogP) is 4.49. The molecule has 0 fully saturated rings. The van der Waals surface area contributed by atoms with Crippen LogP contribution in [0.3, 0.4) is 0 Å². The Morgan fingerprint density at radius 2 is 1.74 bits per heavy atom. The number of anilines is 1. The number of aromatic nitrogens is 1. The van der Waals surface area contributed by atoms with Crippen LogP contribution in [-0.2, 0) is 11.2 Å². The van der Waals surface area contributed by atoms with E-state index >= 15 is 0 Å². The molecular weight excluding hydrogens is 390 g/mol. The number of phenols is 1. The van der Waals surface area contributed by atoms with Crippen LogP contribution in [0, 0.1) is 0 Å². The Kier molecular flexibility index (Phi) is 7.43. The van der Waals surface area contributed by atoms with Crippen LogP contribution < -0.4 is 10.6 Å². The molecule has 3 aromatic carbocycles. The van der Waals surface area contributed by atoms with Crippen molar-refractivity contribution in [1.82, 2.24) is 10.3 Å². The van der Waals surface area contributed by atoms with Gasteiger partial charge in [0.25, 0.3) is 5.91 Å². The summed E-state index contributed by atoms with van der Waals surface area (Å²) in [5.41, 5.74) is 3.52. The summed E-state index contributed by atoms with van der Waals surface area (Å²) in [5.74, 6) is 0.191. The molecule has 0 aliphatic carbocycles. The van der Waals surface area contributed by atoms with E-state index in [1.54, 1.807) is 24.3 Å². The van der Waals surface area contributed by atoms with E-state index in [4.69, 9.17) is 0 Å². The van der Waals surface area contributed by atoms with Gasteiger partial charge in [-0.25, -0.2) is 0 Å². The molecule has 1 aromatic heterocycles. The van der Waals surface area contributed by atoms with Crippen molar-refractivity contribution in [2.75, 3.05) is 5.32 Å². The minimum absolute atomic E-state index is 0.0391. The molecule has 0 spiro atoms. The summed E-state index contributed by atoms with van der Waals surface area (Å²) < 4.78 is 0. The van der Waals surface area contributed by atoms with Crippen LogP contribution in [0.5, 0.6) is 5.75 Å². The van der Waals surface area contributed by atoms with E-state index in [1.165, 1.54) is 0 Å². The molecule has 0 bridgehead atoms. The molecule has 1 atom stereocenters. The van der Waals surface area contributed by atoms with Crippen LogP contribution in [0.25, 0.3) is 10.9 Å². The van der Waals surface area contributed by atoms with Gasteiger partial charge >= 0.3 is 0 Å². The fourth-order valence-electron chi connectivity index (χ4n) is 3.20. The van der Waals surface area contributed by atoms with Crippen LogP contribution >= 0.6 is 0 Å². The summed E-state index contributed by atoms with van der Waals surface area (Å²) in [6, 6.07) is 23.9. The maximum absolute atomic E-state index is 11.9. The molecular formula is C25H25N3O3. The summed E-state index contributed by atoms with van der Waals surface area (Å²) in [4.78, 5) is 25.2. The van der Waals surface area contributed by atoms with Crippen LogP contribution in [0.2, 0.25) is 0 Å². The third-order valence-corrected chi connectivity index (χ3v) is 4.69. The minimum atomic E-state index is -0.0631. The molecule has 0 saturated carbocycles. The molecule has 0 saturated heterocycles. The molecule has 6 nitrogen and oxygen atoms in total. The van der Waals surface area contributed by atoms with Crippen molar-refractivity contribution in [3.05, 3.63) is 96.2 Å². The summed E-state index contributed by atoms with van der Waals surface area (Å²) in [7, 11) is 0. The minimum Gasteiger partial charge on any atom is -0.508 e. The normalized spacial score (nSPS) is 11.1. The lowest BCUT2D eigenvalue weighted by atomic mass is 10.1. The molecule has 4 rings (SSSR count). The monoisotopic (exact) mass is 415 g/mol. The average molecular weight is 415 g/mol. The lowest BCUT2D eigenvalue weighted by molar-refractivity contribution is -0.105. The van der Waals surface area contributed by atoms with Gasteiger partial charge in [-0.1, -0.05) is 42.5 Å². The van der Waals surface area contributed by atoms with Gasteiger partial charge in [0.15, 0.2) is 0 Å². The zero-order valence-corrected chi connectivity index (χ0v) is 17.2. The Bertz CT molecular complexity index is 1120. The number of para-hydroxylation sites is 1. The van der Waals surface area contributed by atoms with Crippen molar-refractivity contribution in [2.45, 2.75) is 19.4 Å². The Labute approximate surface area is 180 Å². The van der Waals surface area contributed by atoms with Gasteiger partial charge in [0.2, 0.25) is 6.41 Å². The van der Waals surface area contributed by atoms with E-state index in [9.17, 15) is 14.7 Å². The van der Waals surface area contributed by atoms with Crippen molar-refractivity contribution >= 4 is 28.9 Å². The highest BCUT2D eigenvalue weighted by atomic mass is 16.3. The van der Waals surface area contributed by atoms with Crippen LogP contribution in [-0.4, -0.2) is 28.4 Å². The molecule has 0 radical (unpaired) electrons. The number of phenolic OH excluding ortho intramolecular Hbond substituents is 1. The molecule has 2 amide bonds. The smallest absolute Gasteiger partial charge is 0.251 e. The third kappa shape index (κ3) is 6.21. The quantitative estimate of drug-likeness (QED) is 0.350. The molecule has 0 aliphatic rings. The number of benzene rings is 3. The number of nitrogens with one attached hydrogen (secondary N) is 3. The van der Waals surface area contributed by atoms with Crippen LogP contribution in [0.4, 0.5) is 5.69 Å². The molecule has 4 N–H and O–H groups in total. The second kappa shape index (κ2) is 10.6. The number of aromatic amines is 1. The van der Waals surface area contributed by atoms with E-state index in [0.717, 1.165) is 28.6 Å². The van der Waals surface area contributed by atoms with Gasteiger partial charge in [-0.15, -0.1) is 0 Å². The van der Waals surface area contributed by atoms with Gasteiger partial charge in [-0.05, 0) is 55.3 Å². The molecule has 6 heteroatoms. The summed E-state index contributed by atoms with van der Waals surface area (Å²) in [6.07, 6.45) is 3.26.